The Kier molecular flexibility index (Phi) is 3.72. The Labute approximate surface area is 123 Å². The predicted octanol–water partition coefficient (Wildman–Crippen LogP) is 1.89. The van der Waals surface area contributed by atoms with E-state index in [1.54, 1.807) is 24.3 Å². The molecule has 1 atom stereocenters. The van der Waals surface area contributed by atoms with Crippen LogP contribution in [0.3, 0.4) is 0 Å². The molecule has 112 valence electrons. The first kappa shape index (κ1) is 15.0. The van der Waals surface area contributed by atoms with E-state index in [4.69, 9.17) is 0 Å². The molecule has 1 heterocycles. The van der Waals surface area contributed by atoms with Gasteiger partial charge in [-0.3, -0.25) is 14.5 Å². The topological polar surface area (TPSA) is 78.5 Å². The van der Waals surface area contributed by atoms with E-state index in [0.717, 1.165) is 4.90 Å². The Morgan fingerprint density at radius 1 is 1.19 bits per heavy atom. The van der Waals surface area contributed by atoms with Gasteiger partial charge in [-0.1, -0.05) is 32.9 Å². The molecule has 0 spiro atoms. The fraction of sp³-hybridized carbons (Fsp3) is 0.400. The highest BCUT2D eigenvalue weighted by Crippen LogP contribution is 2.23. The summed E-state index contributed by atoms with van der Waals surface area (Å²) in [6.07, 6.45) is 0. The highest BCUT2D eigenvalue weighted by Gasteiger charge is 2.36. The number of rotatable bonds is 2. The first-order valence-electron chi connectivity index (χ1n) is 6.69. The summed E-state index contributed by atoms with van der Waals surface area (Å²) < 4.78 is 0. The van der Waals surface area contributed by atoms with Crippen molar-refractivity contribution in [3.05, 3.63) is 29.8 Å². The number of anilines is 1. The van der Waals surface area contributed by atoms with Crippen LogP contribution in [0, 0.1) is 5.41 Å². The van der Waals surface area contributed by atoms with Crippen LogP contribution in [0.1, 0.15) is 32.4 Å². The Bertz CT molecular complexity index is 587. The molecule has 0 radical (unpaired) electrons. The van der Waals surface area contributed by atoms with Crippen LogP contribution in [-0.2, 0) is 9.59 Å². The van der Waals surface area contributed by atoms with E-state index >= 15 is 0 Å². The highest BCUT2D eigenvalue weighted by molar-refractivity contribution is 6.04. The van der Waals surface area contributed by atoms with Gasteiger partial charge in [0.2, 0.25) is 5.91 Å². The van der Waals surface area contributed by atoms with Gasteiger partial charge < -0.3 is 10.6 Å². The van der Waals surface area contributed by atoms with Crippen LogP contribution in [0.5, 0.6) is 0 Å². The van der Waals surface area contributed by atoms with Crippen LogP contribution in [0.25, 0.3) is 0 Å². The molecule has 21 heavy (non-hydrogen) atoms. The Hall–Kier alpha value is -2.37. The Morgan fingerprint density at radius 3 is 2.19 bits per heavy atom. The molecule has 0 aliphatic carbocycles. The summed E-state index contributed by atoms with van der Waals surface area (Å²) in [5, 5.41) is 5.41. The third-order valence-electron chi connectivity index (χ3n) is 3.33. The first-order valence-corrected chi connectivity index (χ1v) is 6.69. The second-order valence-electron chi connectivity index (χ2n) is 6.11. The molecule has 4 amide bonds. The second-order valence-corrected chi connectivity index (χ2v) is 6.11. The van der Waals surface area contributed by atoms with Crippen molar-refractivity contribution >= 4 is 23.5 Å². The maximum atomic E-state index is 11.9. The molecule has 1 aliphatic rings. The molecule has 1 aliphatic heterocycles. The Morgan fingerprint density at radius 2 is 1.76 bits per heavy atom. The van der Waals surface area contributed by atoms with Gasteiger partial charge >= 0.3 is 6.03 Å². The molecule has 2 N–H and O–H groups in total. The lowest BCUT2D eigenvalue weighted by Gasteiger charge is -2.18. The van der Waals surface area contributed by atoms with Gasteiger partial charge in [0.15, 0.2) is 0 Å². The molecule has 1 aromatic carbocycles. The quantitative estimate of drug-likeness (QED) is 0.816. The number of carbonyl (C=O) groups excluding carboxylic acids is 3. The molecule has 6 heteroatoms. The summed E-state index contributed by atoms with van der Waals surface area (Å²) in [5.74, 6) is -0.369. The summed E-state index contributed by atoms with van der Waals surface area (Å²) in [4.78, 5) is 36.3. The zero-order valence-electron chi connectivity index (χ0n) is 12.6. The Balaban J connectivity index is 2.12. The highest BCUT2D eigenvalue weighted by atomic mass is 16.2. The van der Waals surface area contributed by atoms with Crippen molar-refractivity contribution in [3.8, 4) is 0 Å². The van der Waals surface area contributed by atoms with E-state index in [-0.39, 0.29) is 11.8 Å². The van der Waals surface area contributed by atoms with Crippen molar-refractivity contribution in [1.82, 2.24) is 10.2 Å². The molecule has 0 bridgehead atoms. The second kappa shape index (κ2) is 5.20. The van der Waals surface area contributed by atoms with Crippen LogP contribution >= 0.6 is 0 Å². The average molecular weight is 289 g/mol. The summed E-state index contributed by atoms with van der Waals surface area (Å²) in [5.41, 5.74) is 0.867. The summed E-state index contributed by atoms with van der Waals surface area (Å²) in [7, 11) is 1.44. The summed E-state index contributed by atoms with van der Waals surface area (Å²) >= 11 is 0. The van der Waals surface area contributed by atoms with Gasteiger partial charge in [0.05, 0.1) is 0 Å². The molecule has 0 saturated carbocycles. The van der Waals surface area contributed by atoms with Gasteiger partial charge in [-0.2, -0.15) is 0 Å². The molecule has 1 unspecified atom stereocenters. The number of hydrogen-bond acceptors (Lipinski definition) is 3. The molecule has 1 aromatic rings. The lowest BCUT2D eigenvalue weighted by atomic mass is 9.95. The smallest absolute Gasteiger partial charge is 0.324 e. The molecule has 1 saturated heterocycles. The van der Waals surface area contributed by atoms with Gasteiger partial charge in [-0.15, -0.1) is 0 Å². The standard InChI is InChI=1S/C15H19N3O3/c1-15(2,3)13(20)16-10-7-5-9(6-8-10)11-12(19)18(4)14(21)17-11/h5-8,11H,1-4H3,(H,16,20)(H,17,21). The van der Waals surface area contributed by atoms with E-state index in [2.05, 4.69) is 10.6 Å². The van der Waals surface area contributed by atoms with Crippen LogP contribution in [0.2, 0.25) is 0 Å². The van der Waals surface area contributed by atoms with E-state index in [1.807, 2.05) is 20.8 Å². The zero-order chi connectivity index (χ0) is 15.8. The molecular weight excluding hydrogens is 270 g/mol. The fourth-order valence-electron chi connectivity index (χ4n) is 1.88. The van der Waals surface area contributed by atoms with Crippen LogP contribution in [0.15, 0.2) is 24.3 Å². The van der Waals surface area contributed by atoms with Crippen molar-refractivity contribution < 1.29 is 14.4 Å². The van der Waals surface area contributed by atoms with Crippen molar-refractivity contribution in [3.63, 3.8) is 0 Å². The van der Waals surface area contributed by atoms with Crippen LogP contribution in [0.4, 0.5) is 10.5 Å². The number of nitrogens with one attached hydrogen (secondary N) is 2. The molecule has 2 rings (SSSR count). The minimum absolute atomic E-state index is 0.0831. The van der Waals surface area contributed by atoms with Crippen LogP contribution in [-0.4, -0.2) is 29.8 Å². The number of imide groups is 1. The van der Waals surface area contributed by atoms with Gasteiger partial charge in [0, 0.05) is 18.2 Å². The largest absolute Gasteiger partial charge is 0.326 e. The van der Waals surface area contributed by atoms with Crippen molar-refractivity contribution in [2.75, 3.05) is 12.4 Å². The summed E-state index contributed by atoms with van der Waals surface area (Å²) in [6, 6.07) is 5.82. The van der Waals surface area contributed by atoms with Gasteiger partial charge in [-0.05, 0) is 17.7 Å². The van der Waals surface area contributed by atoms with Crippen molar-refractivity contribution in [2.24, 2.45) is 5.41 Å². The monoisotopic (exact) mass is 289 g/mol. The van der Waals surface area contributed by atoms with Gasteiger partial charge in [-0.25, -0.2) is 4.79 Å². The summed E-state index contributed by atoms with van der Waals surface area (Å²) in [6.45, 7) is 5.50. The predicted molar refractivity (Wildman–Crippen MR) is 78.6 cm³/mol. The fourth-order valence-corrected chi connectivity index (χ4v) is 1.88. The lowest BCUT2D eigenvalue weighted by Crippen LogP contribution is -2.27. The number of amides is 4. The number of carbonyl (C=O) groups is 3. The molecule has 1 fully saturated rings. The van der Waals surface area contributed by atoms with E-state index < -0.39 is 17.5 Å². The number of benzene rings is 1. The minimum Gasteiger partial charge on any atom is -0.326 e. The first-order chi connectivity index (χ1) is 9.70. The lowest BCUT2D eigenvalue weighted by molar-refractivity contribution is -0.126. The SMILES string of the molecule is CN1C(=O)NC(c2ccc(NC(=O)C(C)(C)C)cc2)C1=O. The number of urea groups is 1. The third-order valence-corrected chi connectivity index (χ3v) is 3.33. The molecule has 6 nitrogen and oxygen atoms in total. The normalized spacial score (nSPS) is 18.7. The molecule has 0 aromatic heterocycles. The number of nitrogens with zero attached hydrogens (tertiary/aromatic N) is 1. The van der Waals surface area contributed by atoms with E-state index in [9.17, 15) is 14.4 Å². The van der Waals surface area contributed by atoms with Crippen LogP contribution < -0.4 is 10.6 Å². The number of likely N-dealkylation sites (N-methyl/N-ethyl adjacent to an activating group) is 1. The number of hydrogen-bond donors (Lipinski definition) is 2. The maximum Gasteiger partial charge on any atom is 0.324 e. The minimum atomic E-state index is -0.658. The molecular formula is C15H19N3O3. The average Bonchev–Trinajstić information content (AvgIpc) is 2.66. The maximum absolute atomic E-state index is 11.9. The van der Waals surface area contributed by atoms with Crippen molar-refractivity contribution in [2.45, 2.75) is 26.8 Å². The van der Waals surface area contributed by atoms with Gasteiger partial charge in [0.1, 0.15) is 6.04 Å². The van der Waals surface area contributed by atoms with Crippen molar-refractivity contribution in [1.29, 1.82) is 0 Å². The zero-order valence-corrected chi connectivity index (χ0v) is 12.6. The third kappa shape index (κ3) is 3.04. The van der Waals surface area contributed by atoms with E-state index in [0.29, 0.717) is 11.3 Å². The van der Waals surface area contributed by atoms with Gasteiger partial charge in [0.25, 0.3) is 5.91 Å². The van der Waals surface area contributed by atoms with E-state index in [1.165, 1.54) is 7.05 Å².